The van der Waals surface area contributed by atoms with E-state index in [1.807, 2.05) is 0 Å². The van der Waals surface area contributed by atoms with Crippen LogP contribution in [0.15, 0.2) is 0 Å². The van der Waals surface area contributed by atoms with Crippen molar-refractivity contribution in [2.75, 3.05) is 39.6 Å². The van der Waals surface area contributed by atoms with Crippen molar-refractivity contribution in [2.45, 2.75) is 129 Å². The molecule has 0 spiro atoms. The highest BCUT2D eigenvalue weighted by atomic mass is 16.8. The van der Waals surface area contributed by atoms with Crippen LogP contribution in [0.25, 0.3) is 0 Å². The van der Waals surface area contributed by atoms with Gasteiger partial charge in [-0.25, -0.2) is 0 Å². The first-order valence-corrected chi connectivity index (χ1v) is 15.8. The highest BCUT2D eigenvalue weighted by Gasteiger charge is 2.56. The molecule has 0 aromatic rings. The lowest BCUT2D eigenvalue weighted by molar-refractivity contribution is -0.406. The third-order valence-corrected chi connectivity index (χ3v) is 8.83. The number of ether oxygens (including phenoxy) is 8. The molecule has 0 radical (unpaired) electrons. The highest BCUT2D eigenvalue weighted by Crippen LogP contribution is 2.35. The predicted octanol–water partition coefficient (Wildman–Crippen LogP) is -9.38. The van der Waals surface area contributed by atoms with E-state index in [9.17, 15) is 66.4 Å². The number of aliphatic hydroxyl groups is 13. The molecule has 4 aliphatic rings. The van der Waals surface area contributed by atoms with E-state index in [0.29, 0.717) is 6.42 Å². The summed E-state index contributed by atoms with van der Waals surface area (Å²) >= 11 is 0. The van der Waals surface area contributed by atoms with Crippen molar-refractivity contribution < 1.29 is 104 Å². The Morgan fingerprint density at radius 2 is 0.735 bits per heavy atom. The zero-order chi connectivity index (χ0) is 36.2. The number of aliphatic hydroxyl groups excluding tert-OH is 13. The molecule has 15 N–H and O–H groups in total. The summed E-state index contributed by atoms with van der Waals surface area (Å²) in [6, 6.07) is 0. The van der Waals surface area contributed by atoms with Gasteiger partial charge in [0.2, 0.25) is 0 Å². The minimum Gasteiger partial charge on any atom is -0.394 e. The Morgan fingerprint density at radius 3 is 1.12 bits per heavy atom. The lowest BCUT2D eigenvalue weighted by Gasteiger charge is -2.49. The van der Waals surface area contributed by atoms with Crippen LogP contribution < -0.4 is 5.73 Å². The maximum Gasteiger partial charge on any atom is 0.187 e. The Kier molecular flexibility index (Phi) is 15.2. The number of hydrogen-bond acceptors (Lipinski definition) is 22. The summed E-state index contributed by atoms with van der Waals surface area (Å²) in [5.41, 5.74) is 5.52. The number of rotatable bonds is 14. The number of nitrogens with two attached hydrogens (primary N) is 1. The monoisotopic (exact) mass is 723 g/mol. The lowest BCUT2D eigenvalue weighted by Crippen LogP contribution is -2.68. The van der Waals surface area contributed by atoms with E-state index in [1.165, 1.54) is 0 Å². The molecule has 4 heterocycles. The molecule has 22 heteroatoms. The molecule has 0 unspecified atom stereocenters. The van der Waals surface area contributed by atoms with Crippen molar-refractivity contribution in [3.05, 3.63) is 0 Å². The van der Waals surface area contributed by atoms with E-state index in [1.54, 1.807) is 0 Å². The van der Waals surface area contributed by atoms with Gasteiger partial charge in [0.15, 0.2) is 25.2 Å². The van der Waals surface area contributed by atoms with Crippen LogP contribution in [0.5, 0.6) is 0 Å². The molecule has 20 atom stereocenters. The molecule has 0 aromatic heterocycles. The van der Waals surface area contributed by atoms with E-state index in [2.05, 4.69) is 0 Å². The molecule has 0 aliphatic carbocycles. The summed E-state index contributed by atoms with van der Waals surface area (Å²) in [5.74, 6) is 0. The van der Waals surface area contributed by atoms with Gasteiger partial charge in [0.1, 0.15) is 97.7 Å². The molecule has 4 saturated heterocycles. The van der Waals surface area contributed by atoms with Gasteiger partial charge in [0.25, 0.3) is 0 Å². The van der Waals surface area contributed by atoms with Gasteiger partial charge in [0, 0.05) is 0 Å². The van der Waals surface area contributed by atoms with Crippen molar-refractivity contribution >= 4 is 0 Å². The molecule has 49 heavy (non-hydrogen) atoms. The third-order valence-electron chi connectivity index (χ3n) is 8.83. The zero-order valence-electron chi connectivity index (χ0n) is 26.2. The Hall–Kier alpha value is -0.880. The topological polar surface area (TPSA) is 363 Å². The van der Waals surface area contributed by atoms with Crippen molar-refractivity contribution in [3.8, 4) is 0 Å². The quantitative estimate of drug-likeness (QED) is 0.0740. The van der Waals surface area contributed by atoms with Gasteiger partial charge in [-0.2, -0.15) is 0 Å². The molecule has 4 rings (SSSR count). The smallest absolute Gasteiger partial charge is 0.187 e. The standard InChI is InChI=1S/C27H49NO21/c28-2-1-3-42-25-21(17(38)13(34)9(5-30)44-25)48-27-23(19(40)15(36)11(7-32)46-27)49-26-22(18(39)14(35)10(6-31)45-26)47-24-20(41)16(37)12(33)8(4-29)43-24/h8-27,29-41H,1-7,28H2/t8-,9-,10-,11-,12-,13-,14-,15-,16+,17+,18+,19+,20+,21+,22+,23+,24+,25+,26-,27-/m1/s1. The van der Waals surface area contributed by atoms with Gasteiger partial charge in [-0.15, -0.1) is 0 Å². The van der Waals surface area contributed by atoms with Crippen molar-refractivity contribution in [3.63, 3.8) is 0 Å². The molecule has 4 fully saturated rings. The van der Waals surface area contributed by atoms with E-state index in [4.69, 9.17) is 43.6 Å². The molecule has 0 aromatic carbocycles. The maximum atomic E-state index is 11.1. The second-order valence-corrected chi connectivity index (χ2v) is 12.1. The second kappa shape index (κ2) is 18.2. The molecule has 22 nitrogen and oxygen atoms in total. The van der Waals surface area contributed by atoms with Crippen LogP contribution in [0.4, 0.5) is 0 Å². The second-order valence-electron chi connectivity index (χ2n) is 12.1. The van der Waals surface area contributed by atoms with E-state index in [-0.39, 0.29) is 13.2 Å². The summed E-state index contributed by atoms with van der Waals surface area (Å²) in [4.78, 5) is 0. The maximum absolute atomic E-state index is 11.1. The fraction of sp³-hybridized carbons (Fsp3) is 1.00. The van der Waals surface area contributed by atoms with Crippen molar-refractivity contribution in [1.82, 2.24) is 0 Å². The molecule has 0 bridgehead atoms. The summed E-state index contributed by atoms with van der Waals surface area (Å²) in [7, 11) is 0. The van der Waals surface area contributed by atoms with Crippen LogP contribution in [-0.4, -0.2) is 229 Å². The number of hydrogen-bond donors (Lipinski definition) is 14. The zero-order valence-corrected chi connectivity index (χ0v) is 26.2. The van der Waals surface area contributed by atoms with Crippen LogP contribution >= 0.6 is 0 Å². The van der Waals surface area contributed by atoms with Gasteiger partial charge in [-0.05, 0) is 13.0 Å². The fourth-order valence-electron chi connectivity index (χ4n) is 5.88. The van der Waals surface area contributed by atoms with Gasteiger partial charge >= 0.3 is 0 Å². The van der Waals surface area contributed by atoms with E-state index in [0.717, 1.165) is 0 Å². The van der Waals surface area contributed by atoms with Gasteiger partial charge in [-0.1, -0.05) is 0 Å². The van der Waals surface area contributed by atoms with Crippen LogP contribution in [0.1, 0.15) is 6.42 Å². The fourth-order valence-corrected chi connectivity index (χ4v) is 5.88. The molecular weight excluding hydrogens is 674 g/mol. The predicted molar refractivity (Wildman–Crippen MR) is 151 cm³/mol. The average molecular weight is 724 g/mol. The van der Waals surface area contributed by atoms with Crippen molar-refractivity contribution in [1.29, 1.82) is 0 Å². The minimum atomic E-state index is -2.00. The SMILES string of the molecule is NCCCO[C@H]1O[C@H](CO)[C@@H](O)[C@H](O)[C@@H]1O[C@H]1O[C@H](CO)[C@@H](O)[C@H](O)[C@@H]1O[C@H]1O[C@H](CO)[C@@H](O)[C@H](O)[C@@H]1O[C@@H]1O[C@H](CO)[C@@H](O)[C@H](O)[C@@H]1O. The lowest BCUT2D eigenvalue weighted by atomic mass is 9.96. The minimum absolute atomic E-state index is 0.0241. The molecule has 4 aliphatic heterocycles. The Morgan fingerprint density at radius 1 is 0.408 bits per heavy atom. The molecule has 0 amide bonds. The summed E-state index contributed by atoms with van der Waals surface area (Å²) in [5, 5.41) is 135. The Labute approximate surface area is 279 Å². The first kappa shape index (κ1) is 40.9. The van der Waals surface area contributed by atoms with Gasteiger partial charge in [0.05, 0.1) is 33.0 Å². The van der Waals surface area contributed by atoms with Crippen LogP contribution in [-0.2, 0) is 37.9 Å². The third kappa shape index (κ3) is 8.85. The van der Waals surface area contributed by atoms with E-state index < -0.39 is 149 Å². The van der Waals surface area contributed by atoms with E-state index >= 15 is 0 Å². The summed E-state index contributed by atoms with van der Waals surface area (Å²) in [6.45, 7) is -3.12. The van der Waals surface area contributed by atoms with Gasteiger partial charge in [-0.3, -0.25) is 0 Å². The summed E-state index contributed by atoms with van der Waals surface area (Å²) < 4.78 is 45.2. The van der Waals surface area contributed by atoms with Crippen molar-refractivity contribution in [2.24, 2.45) is 5.73 Å². The molecule has 288 valence electrons. The van der Waals surface area contributed by atoms with Crippen LogP contribution in [0.3, 0.4) is 0 Å². The first-order valence-electron chi connectivity index (χ1n) is 15.8. The van der Waals surface area contributed by atoms with Crippen LogP contribution in [0, 0.1) is 0 Å². The van der Waals surface area contributed by atoms with Crippen LogP contribution in [0.2, 0.25) is 0 Å². The first-order chi connectivity index (χ1) is 23.3. The Balaban J connectivity index is 1.63. The molecule has 0 saturated carbocycles. The molecular formula is C27H49NO21. The summed E-state index contributed by atoms with van der Waals surface area (Å²) in [6.07, 6.45) is -35.1. The van der Waals surface area contributed by atoms with Gasteiger partial charge < -0.3 is 110 Å². The highest BCUT2D eigenvalue weighted by molar-refractivity contribution is 4.97. The average Bonchev–Trinajstić information content (AvgIpc) is 3.09. The normalized spacial score (nSPS) is 49.6. The Bertz CT molecular complexity index is 987. The largest absolute Gasteiger partial charge is 0.394 e.